The van der Waals surface area contributed by atoms with Crippen LogP contribution in [0.15, 0.2) is 42.5 Å². The first kappa shape index (κ1) is 28.2. The Bertz CT molecular complexity index is 1230. The lowest BCUT2D eigenvalue weighted by molar-refractivity contribution is -0.146. The molecule has 3 heterocycles. The molecule has 3 aliphatic rings. The summed E-state index contributed by atoms with van der Waals surface area (Å²) in [5.74, 6) is -0.694. The highest BCUT2D eigenvalue weighted by atomic mass is 35.5. The number of carbonyl (C=O) groups excluding carboxylic acids is 2. The molecule has 5 rings (SSSR count). The number of rotatable bonds is 7. The van der Waals surface area contributed by atoms with Gasteiger partial charge in [-0.15, -0.1) is 0 Å². The zero-order valence-corrected chi connectivity index (χ0v) is 24.4. The van der Waals surface area contributed by atoms with Gasteiger partial charge in [-0.05, 0) is 74.8 Å². The number of ether oxygens (including phenoxy) is 1. The van der Waals surface area contributed by atoms with Crippen LogP contribution in [0.4, 0.5) is 15.5 Å². The van der Waals surface area contributed by atoms with Crippen molar-refractivity contribution in [1.82, 2.24) is 5.32 Å². The van der Waals surface area contributed by atoms with Crippen molar-refractivity contribution in [3.63, 3.8) is 0 Å². The van der Waals surface area contributed by atoms with Crippen molar-refractivity contribution >= 4 is 43.2 Å². The number of anilines is 2. The van der Waals surface area contributed by atoms with Gasteiger partial charge >= 0.3 is 0 Å². The van der Waals surface area contributed by atoms with E-state index in [0.717, 1.165) is 24.9 Å². The van der Waals surface area contributed by atoms with E-state index in [2.05, 4.69) is 10.6 Å². The molecule has 2 amide bonds. The van der Waals surface area contributed by atoms with Crippen molar-refractivity contribution in [2.75, 3.05) is 29.9 Å². The Hall–Kier alpha value is -2.30. The topological polar surface area (TPSA) is 90.9 Å². The van der Waals surface area contributed by atoms with Crippen LogP contribution in [0.3, 0.4) is 0 Å². The lowest BCUT2D eigenvalue weighted by Gasteiger charge is -2.31. The molecule has 2 fully saturated rings. The fourth-order valence-corrected chi connectivity index (χ4v) is 9.48. The number of aliphatic hydroxyl groups is 1. The van der Waals surface area contributed by atoms with Crippen molar-refractivity contribution in [2.45, 2.75) is 63.1 Å². The van der Waals surface area contributed by atoms with Gasteiger partial charge in [-0.1, -0.05) is 30.7 Å². The second-order valence-corrected chi connectivity index (χ2v) is 15.8. The summed E-state index contributed by atoms with van der Waals surface area (Å²) in [6.45, 7) is 6.96. The van der Waals surface area contributed by atoms with Gasteiger partial charge in [0.2, 0.25) is 14.3 Å². The van der Waals surface area contributed by atoms with E-state index in [-0.39, 0.29) is 37.3 Å². The van der Waals surface area contributed by atoms with E-state index in [4.69, 9.17) is 16.3 Å². The quantitative estimate of drug-likeness (QED) is 0.321. The summed E-state index contributed by atoms with van der Waals surface area (Å²) in [6, 6.07) is 12.8. The predicted molar refractivity (Wildman–Crippen MR) is 153 cm³/mol. The van der Waals surface area contributed by atoms with E-state index >= 15 is 4.11 Å². The minimum absolute atomic E-state index is 0.0103. The standard InChI is InChI=1S/C29H37ClFN3O4Si/c1-18-26(39(2,3)31)25(12-14-35)38-29(18)23-15-21(30)8-11-24(23)34(28(29)37)17-19-6-9-22(10-7-19)33-27(36)20-5-4-13-32-16-20/h6-11,15,18,20,25-26,32,35H,4-5,12-14,16-17H2,1-3H3,(H,33,36)/t18-,20?,25+,26-,29+/m1/s1. The largest absolute Gasteiger partial charge is 0.396 e. The van der Waals surface area contributed by atoms with Gasteiger partial charge in [0.25, 0.3) is 5.91 Å². The summed E-state index contributed by atoms with van der Waals surface area (Å²) in [4.78, 5) is 28.6. The lowest BCUT2D eigenvalue weighted by atomic mass is 9.82. The third kappa shape index (κ3) is 5.15. The molecule has 7 nitrogen and oxygen atoms in total. The molecule has 0 saturated carbocycles. The summed E-state index contributed by atoms with van der Waals surface area (Å²) >= 11 is 6.40. The summed E-state index contributed by atoms with van der Waals surface area (Å²) < 4.78 is 22.1. The van der Waals surface area contributed by atoms with E-state index in [9.17, 15) is 14.7 Å². The molecule has 10 heteroatoms. The summed E-state index contributed by atoms with van der Waals surface area (Å²) in [6.07, 6.45) is 1.57. The van der Waals surface area contributed by atoms with Crippen molar-refractivity contribution in [3.05, 3.63) is 58.6 Å². The zero-order chi connectivity index (χ0) is 27.9. The predicted octanol–water partition coefficient (Wildman–Crippen LogP) is 4.98. The number of nitrogens with one attached hydrogen (secondary N) is 2. The van der Waals surface area contributed by atoms with Crippen molar-refractivity contribution in [2.24, 2.45) is 11.8 Å². The monoisotopic (exact) mass is 573 g/mol. The molecule has 1 spiro atoms. The van der Waals surface area contributed by atoms with Crippen molar-refractivity contribution < 1.29 is 23.5 Å². The highest BCUT2D eigenvalue weighted by Crippen LogP contribution is 2.60. The van der Waals surface area contributed by atoms with Gasteiger partial charge in [-0.3, -0.25) is 9.59 Å². The Labute approximate surface area is 235 Å². The average molecular weight is 574 g/mol. The molecule has 210 valence electrons. The number of carbonyl (C=O) groups is 2. The average Bonchev–Trinajstić information content (AvgIpc) is 3.32. The Morgan fingerprint density at radius 1 is 1.28 bits per heavy atom. The molecule has 2 aromatic carbocycles. The Balaban J connectivity index is 1.41. The van der Waals surface area contributed by atoms with Crippen LogP contribution in [0, 0.1) is 11.8 Å². The molecule has 3 aliphatic heterocycles. The van der Waals surface area contributed by atoms with Gasteiger partial charge in [0, 0.05) is 40.9 Å². The van der Waals surface area contributed by atoms with Crippen LogP contribution in [0.2, 0.25) is 23.7 Å². The summed E-state index contributed by atoms with van der Waals surface area (Å²) in [5.41, 5.74) is 1.13. The van der Waals surface area contributed by atoms with Crippen molar-refractivity contribution in [1.29, 1.82) is 0 Å². The molecule has 1 unspecified atom stereocenters. The van der Waals surface area contributed by atoms with Crippen molar-refractivity contribution in [3.8, 4) is 0 Å². The number of aliphatic hydroxyl groups excluding tert-OH is 1. The maximum absolute atomic E-state index is 15.6. The number of benzene rings is 2. The van der Waals surface area contributed by atoms with Gasteiger partial charge in [-0.25, -0.2) is 0 Å². The van der Waals surface area contributed by atoms with Gasteiger partial charge in [0.05, 0.1) is 24.3 Å². The van der Waals surface area contributed by atoms with Crippen LogP contribution >= 0.6 is 11.6 Å². The summed E-state index contributed by atoms with van der Waals surface area (Å²) in [7, 11) is -3.25. The number of nitrogens with zero attached hydrogens (tertiary/aromatic N) is 1. The fraction of sp³-hybridized carbons (Fsp3) is 0.517. The third-order valence-electron chi connectivity index (χ3n) is 8.57. The molecule has 2 aromatic rings. The fourth-order valence-electron chi connectivity index (χ4n) is 6.77. The minimum atomic E-state index is -3.25. The zero-order valence-electron chi connectivity index (χ0n) is 22.7. The van der Waals surface area contributed by atoms with Gasteiger partial charge < -0.3 is 29.5 Å². The van der Waals surface area contributed by atoms with Gasteiger partial charge in [0.15, 0.2) is 5.60 Å². The molecule has 0 aliphatic carbocycles. The molecule has 39 heavy (non-hydrogen) atoms. The minimum Gasteiger partial charge on any atom is -0.396 e. The number of hydrogen-bond donors (Lipinski definition) is 3. The van der Waals surface area contributed by atoms with Crippen LogP contribution in [0.25, 0.3) is 0 Å². The van der Waals surface area contributed by atoms with E-state index in [0.29, 0.717) is 28.5 Å². The normalized spacial score (nSPS) is 28.7. The van der Waals surface area contributed by atoms with Crippen LogP contribution in [-0.4, -0.2) is 51.1 Å². The maximum atomic E-state index is 15.6. The highest BCUT2D eigenvalue weighted by Gasteiger charge is 2.66. The molecule has 3 N–H and O–H groups in total. The lowest BCUT2D eigenvalue weighted by Crippen LogP contribution is -2.45. The van der Waals surface area contributed by atoms with E-state index in [1.165, 1.54) is 0 Å². The van der Waals surface area contributed by atoms with E-state index in [1.54, 1.807) is 30.1 Å². The number of fused-ring (bicyclic) bond motifs is 2. The maximum Gasteiger partial charge on any atom is 0.264 e. The molecule has 2 saturated heterocycles. The summed E-state index contributed by atoms with van der Waals surface area (Å²) in [5, 5.41) is 16.4. The molecule has 0 bridgehead atoms. The van der Waals surface area contributed by atoms with Gasteiger partial charge in [-0.2, -0.15) is 0 Å². The Morgan fingerprint density at radius 2 is 2.03 bits per heavy atom. The SMILES string of the molecule is C[C@@H]1[C@@H]([Si](C)(C)F)[C@H](CCO)O[C@@]12C(=O)N(Cc1ccc(NC(=O)C3CCCNC3)cc1)c1ccc(Cl)cc12. The molecular weight excluding hydrogens is 537 g/mol. The van der Waals surface area contributed by atoms with Crippen LogP contribution in [-0.2, 0) is 26.5 Å². The first-order valence-electron chi connectivity index (χ1n) is 13.8. The van der Waals surface area contributed by atoms with Crippen LogP contribution in [0.1, 0.15) is 37.3 Å². The number of piperidine rings is 1. The highest BCUT2D eigenvalue weighted by molar-refractivity contribution is 6.72. The van der Waals surface area contributed by atoms with E-state index < -0.39 is 31.6 Å². The molecule has 0 aromatic heterocycles. The first-order valence-corrected chi connectivity index (χ1v) is 17.1. The first-order chi connectivity index (χ1) is 18.6. The number of amides is 2. The molecular formula is C29H37ClFN3O4Si. The molecule has 5 atom stereocenters. The van der Waals surface area contributed by atoms with Crippen LogP contribution < -0.4 is 15.5 Å². The Morgan fingerprint density at radius 3 is 2.67 bits per heavy atom. The second kappa shape index (κ2) is 10.9. The molecule has 0 radical (unpaired) electrons. The Kier molecular flexibility index (Phi) is 7.91. The number of hydrogen-bond acceptors (Lipinski definition) is 5. The third-order valence-corrected chi connectivity index (χ3v) is 11.3. The number of halogens is 2. The smallest absolute Gasteiger partial charge is 0.264 e. The van der Waals surface area contributed by atoms with Crippen LogP contribution in [0.5, 0.6) is 0 Å². The van der Waals surface area contributed by atoms with Gasteiger partial charge in [0.1, 0.15) is 0 Å². The van der Waals surface area contributed by atoms with E-state index in [1.807, 2.05) is 37.3 Å². The second-order valence-electron chi connectivity index (χ2n) is 11.6.